The monoisotopic (exact) mass is 465 g/mol. The number of carbonyl (C=O) groups is 1. The predicted molar refractivity (Wildman–Crippen MR) is 110 cm³/mol. The third-order valence-electron chi connectivity index (χ3n) is 4.27. The highest BCUT2D eigenvalue weighted by molar-refractivity contribution is 7.91. The molecule has 0 atom stereocenters. The van der Waals surface area contributed by atoms with Crippen LogP contribution in [0.25, 0.3) is 0 Å². The van der Waals surface area contributed by atoms with Gasteiger partial charge >= 0.3 is 6.18 Å². The first kappa shape index (κ1) is 23.2. The van der Waals surface area contributed by atoms with Gasteiger partial charge in [0.05, 0.1) is 23.5 Å². The smallest absolute Gasteiger partial charge is 0.285 e. The zero-order chi connectivity index (χ0) is 23.4. The van der Waals surface area contributed by atoms with Gasteiger partial charge in [0.15, 0.2) is 0 Å². The summed E-state index contributed by atoms with van der Waals surface area (Å²) >= 11 is 0. The van der Waals surface area contributed by atoms with E-state index < -0.39 is 33.4 Å². The molecule has 0 aliphatic heterocycles. The number of halogens is 3. The average molecular weight is 465 g/mol. The molecule has 1 aromatic heterocycles. The Kier molecular flexibility index (Phi) is 6.80. The number of hydrogen-bond acceptors (Lipinski definition) is 5. The van der Waals surface area contributed by atoms with Crippen molar-refractivity contribution in [2.24, 2.45) is 0 Å². The molecule has 168 valence electrons. The number of benzene rings is 2. The van der Waals surface area contributed by atoms with Gasteiger partial charge in [-0.25, -0.2) is 13.5 Å². The van der Waals surface area contributed by atoms with E-state index in [1.54, 1.807) is 30.3 Å². The van der Waals surface area contributed by atoms with Crippen molar-refractivity contribution in [3.63, 3.8) is 0 Å². The third-order valence-corrected chi connectivity index (χ3v) is 5.53. The Bertz CT molecular complexity index is 1200. The van der Waals surface area contributed by atoms with Crippen LogP contribution >= 0.6 is 0 Å². The molecule has 0 saturated heterocycles. The summed E-state index contributed by atoms with van der Waals surface area (Å²) in [7, 11) is -4.09. The summed E-state index contributed by atoms with van der Waals surface area (Å²) < 4.78 is 65.6. The zero-order valence-electron chi connectivity index (χ0n) is 16.5. The van der Waals surface area contributed by atoms with Crippen LogP contribution in [-0.4, -0.2) is 29.6 Å². The Balaban J connectivity index is 1.71. The van der Waals surface area contributed by atoms with Crippen LogP contribution in [-0.2, 0) is 28.5 Å². The second kappa shape index (κ2) is 9.37. The highest BCUT2D eigenvalue weighted by Gasteiger charge is 2.30. The van der Waals surface area contributed by atoms with Gasteiger partial charge in [0.1, 0.15) is 5.69 Å². The average Bonchev–Trinajstić information content (AvgIpc) is 2.73. The van der Waals surface area contributed by atoms with Crippen molar-refractivity contribution in [2.45, 2.75) is 18.5 Å². The minimum Gasteiger partial charge on any atom is -0.285 e. The first-order chi connectivity index (χ1) is 15.0. The van der Waals surface area contributed by atoms with Gasteiger partial charge in [0, 0.05) is 6.20 Å². The van der Waals surface area contributed by atoms with E-state index in [2.05, 4.69) is 9.71 Å². The number of alkyl halides is 3. The quantitative estimate of drug-likeness (QED) is 0.405. The molecular formula is C21H18F3N3O4S. The maximum Gasteiger partial charge on any atom is 0.416 e. The predicted octanol–water partition coefficient (Wildman–Crippen LogP) is 4.07. The lowest BCUT2D eigenvalue weighted by Crippen LogP contribution is -2.27. The van der Waals surface area contributed by atoms with Gasteiger partial charge in [-0.05, 0) is 29.3 Å². The Morgan fingerprint density at radius 3 is 2.38 bits per heavy atom. The fourth-order valence-corrected chi connectivity index (χ4v) is 4.02. The van der Waals surface area contributed by atoms with Crippen LogP contribution in [0.4, 0.5) is 18.9 Å². The third kappa shape index (κ3) is 6.28. The standard InChI is InChI=1S/C21H18F3N3O4S/c22-21(23,24)17-8-4-7-16(11-17)14-32(30,31)26-18-9-10-25-19(12-18)20(28)27(29)13-15-5-2-1-3-6-15/h1-12,29H,13-14H2,(H,25,26). The molecule has 0 aliphatic carbocycles. The number of nitrogens with zero attached hydrogens (tertiary/aromatic N) is 2. The van der Waals surface area contributed by atoms with Gasteiger partial charge in [0.2, 0.25) is 10.0 Å². The first-order valence-corrected chi connectivity index (χ1v) is 10.9. The van der Waals surface area contributed by atoms with E-state index in [1.165, 1.54) is 18.3 Å². The number of nitrogens with one attached hydrogen (secondary N) is 1. The molecule has 3 rings (SSSR count). The molecule has 0 saturated carbocycles. The maximum absolute atomic E-state index is 12.8. The number of rotatable bonds is 7. The summed E-state index contributed by atoms with van der Waals surface area (Å²) in [6.07, 6.45) is -3.42. The molecule has 1 heterocycles. The van der Waals surface area contributed by atoms with Crippen LogP contribution in [0.2, 0.25) is 0 Å². The van der Waals surface area contributed by atoms with Crippen LogP contribution < -0.4 is 4.72 Å². The lowest BCUT2D eigenvalue weighted by atomic mass is 10.1. The number of carbonyl (C=O) groups excluding carboxylic acids is 1. The van der Waals surface area contributed by atoms with Crippen LogP contribution in [0.3, 0.4) is 0 Å². The Labute approximate surface area is 182 Å². The fourth-order valence-electron chi connectivity index (χ4n) is 2.84. The minimum absolute atomic E-state index is 0.0246. The van der Waals surface area contributed by atoms with E-state index >= 15 is 0 Å². The molecule has 1 amide bonds. The molecule has 0 fully saturated rings. The van der Waals surface area contributed by atoms with Gasteiger partial charge < -0.3 is 0 Å². The molecule has 0 unspecified atom stereocenters. The molecular weight excluding hydrogens is 447 g/mol. The SMILES string of the molecule is O=C(c1cc(NS(=O)(=O)Cc2cccc(C(F)(F)F)c2)ccn1)N(O)Cc1ccccc1. The van der Waals surface area contributed by atoms with E-state index in [1.807, 2.05) is 0 Å². The molecule has 7 nitrogen and oxygen atoms in total. The largest absolute Gasteiger partial charge is 0.416 e. The summed E-state index contributed by atoms with van der Waals surface area (Å²) in [6.45, 7) is -0.104. The van der Waals surface area contributed by atoms with Crippen molar-refractivity contribution in [2.75, 3.05) is 4.72 Å². The van der Waals surface area contributed by atoms with Crippen molar-refractivity contribution in [1.82, 2.24) is 10.0 Å². The molecule has 32 heavy (non-hydrogen) atoms. The summed E-state index contributed by atoms with van der Waals surface area (Å²) in [5, 5.41) is 10.5. The Hall–Kier alpha value is -3.44. The second-order valence-corrected chi connectivity index (χ2v) is 8.56. The molecule has 0 radical (unpaired) electrons. The number of sulfonamides is 1. The topological polar surface area (TPSA) is 99.6 Å². The van der Waals surface area contributed by atoms with E-state index in [0.717, 1.165) is 24.3 Å². The van der Waals surface area contributed by atoms with Gasteiger partial charge in [-0.15, -0.1) is 0 Å². The highest BCUT2D eigenvalue weighted by atomic mass is 32.2. The van der Waals surface area contributed by atoms with Crippen molar-refractivity contribution >= 4 is 21.6 Å². The van der Waals surface area contributed by atoms with E-state index in [-0.39, 0.29) is 23.5 Å². The van der Waals surface area contributed by atoms with E-state index in [4.69, 9.17) is 0 Å². The number of pyridine rings is 1. The van der Waals surface area contributed by atoms with Crippen LogP contribution in [0, 0.1) is 0 Å². The highest BCUT2D eigenvalue weighted by Crippen LogP contribution is 2.30. The van der Waals surface area contributed by atoms with Gasteiger partial charge in [-0.3, -0.25) is 19.7 Å². The van der Waals surface area contributed by atoms with Gasteiger partial charge in [0.25, 0.3) is 5.91 Å². The molecule has 0 bridgehead atoms. The maximum atomic E-state index is 12.8. The molecule has 2 aromatic carbocycles. The van der Waals surface area contributed by atoms with Crippen molar-refractivity contribution in [3.05, 3.63) is 95.3 Å². The molecule has 3 aromatic rings. The normalized spacial score (nSPS) is 11.8. The molecule has 11 heteroatoms. The second-order valence-electron chi connectivity index (χ2n) is 6.84. The van der Waals surface area contributed by atoms with E-state index in [0.29, 0.717) is 10.6 Å². The lowest BCUT2D eigenvalue weighted by Gasteiger charge is -2.15. The summed E-state index contributed by atoms with van der Waals surface area (Å²) in [5.74, 6) is -1.56. The Morgan fingerprint density at radius 1 is 1.00 bits per heavy atom. The first-order valence-electron chi connectivity index (χ1n) is 9.21. The van der Waals surface area contributed by atoms with Gasteiger partial charge in [-0.1, -0.05) is 48.5 Å². The number of hydrogen-bond donors (Lipinski definition) is 2. The minimum atomic E-state index is -4.59. The summed E-state index contributed by atoms with van der Waals surface area (Å²) in [4.78, 5) is 16.3. The number of hydroxylamine groups is 2. The molecule has 0 spiro atoms. The van der Waals surface area contributed by atoms with Crippen LogP contribution in [0.5, 0.6) is 0 Å². The van der Waals surface area contributed by atoms with Crippen LogP contribution in [0.1, 0.15) is 27.2 Å². The van der Waals surface area contributed by atoms with E-state index in [9.17, 15) is 31.6 Å². The van der Waals surface area contributed by atoms with Crippen molar-refractivity contribution < 1.29 is 31.6 Å². The Morgan fingerprint density at radius 2 is 1.69 bits per heavy atom. The summed E-state index contributed by atoms with van der Waals surface area (Å²) in [5.41, 5.74) is -0.585. The number of anilines is 1. The fraction of sp³-hybridized carbons (Fsp3) is 0.143. The zero-order valence-corrected chi connectivity index (χ0v) is 17.3. The van der Waals surface area contributed by atoms with Crippen LogP contribution in [0.15, 0.2) is 72.9 Å². The van der Waals surface area contributed by atoms with Crippen molar-refractivity contribution in [1.29, 1.82) is 0 Å². The summed E-state index contributed by atoms with van der Waals surface area (Å²) in [6, 6.07) is 15.1. The molecule has 2 N–H and O–H groups in total. The number of amides is 1. The lowest BCUT2D eigenvalue weighted by molar-refractivity contribution is -0.137. The van der Waals surface area contributed by atoms with Crippen molar-refractivity contribution in [3.8, 4) is 0 Å². The number of aromatic nitrogens is 1. The van der Waals surface area contributed by atoms with Gasteiger partial charge in [-0.2, -0.15) is 13.2 Å². The molecule has 0 aliphatic rings.